The van der Waals surface area contributed by atoms with Crippen LogP contribution >= 0.6 is 0 Å². The minimum absolute atomic E-state index is 0.298. The molecule has 0 amide bonds. The van der Waals surface area contributed by atoms with E-state index in [4.69, 9.17) is 14.2 Å². The number of carbonyl (C=O) groups is 1. The summed E-state index contributed by atoms with van der Waals surface area (Å²) < 4.78 is 15.9. The SMILES string of the molecule is COCc1ccc(COc2cc(C=O)ccc2OC)nc1. The normalized spacial score (nSPS) is 10.2. The molecule has 0 saturated carbocycles. The van der Waals surface area contributed by atoms with Crippen molar-refractivity contribution >= 4 is 6.29 Å². The van der Waals surface area contributed by atoms with E-state index < -0.39 is 0 Å². The number of pyridine rings is 1. The molecule has 2 rings (SSSR count). The molecule has 0 atom stereocenters. The molecular formula is C16H17NO4. The zero-order valence-electron chi connectivity index (χ0n) is 12.0. The molecule has 21 heavy (non-hydrogen) atoms. The summed E-state index contributed by atoms with van der Waals surface area (Å²) in [7, 11) is 3.20. The molecule has 0 aliphatic carbocycles. The van der Waals surface area contributed by atoms with E-state index in [0.29, 0.717) is 30.3 Å². The summed E-state index contributed by atoms with van der Waals surface area (Å²) in [4.78, 5) is 15.1. The van der Waals surface area contributed by atoms with Gasteiger partial charge in [-0.1, -0.05) is 6.07 Å². The molecule has 1 aromatic carbocycles. The van der Waals surface area contributed by atoms with Gasteiger partial charge in [-0.15, -0.1) is 0 Å². The first-order chi connectivity index (χ1) is 10.3. The third-order valence-electron chi connectivity index (χ3n) is 2.90. The van der Waals surface area contributed by atoms with Gasteiger partial charge in [-0.3, -0.25) is 9.78 Å². The lowest BCUT2D eigenvalue weighted by atomic mass is 10.2. The molecule has 0 fully saturated rings. The Balaban J connectivity index is 2.06. The van der Waals surface area contributed by atoms with Gasteiger partial charge in [0.15, 0.2) is 11.5 Å². The molecule has 0 bridgehead atoms. The van der Waals surface area contributed by atoms with E-state index in [2.05, 4.69) is 4.98 Å². The maximum atomic E-state index is 10.8. The van der Waals surface area contributed by atoms with Crippen molar-refractivity contribution in [2.75, 3.05) is 14.2 Å². The van der Waals surface area contributed by atoms with Crippen LogP contribution in [0.3, 0.4) is 0 Å². The highest BCUT2D eigenvalue weighted by Crippen LogP contribution is 2.28. The number of aldehydes is 1. The quantitative estimate of drug-likeness (QED) is 0.733. The van der Waals surface area contributed by atoms with Crippen molar-refractivity contribution < 1.29 is 19.0 Å². The third kappa shape index (κ3) is 4.03. The summed E-state index contributed by atoms with van der Waals surface area (Å²) in [6.45, 7) is 0.829. The van der Waals surface area contributed by atoms with Crippen molar-refractivity contribution in [1.82, 2.24) is 4.98 Å². The van der Waals surface area contributed by atoms with Crippen LogP contribution in [-0.4, -0.2) is 25.5 Å². The lowest BCUT2D eigenvalue weighted by Crippen LogP contribution is -2.01. The van der Waals surface area contributed by atoms with Crippen LogP contribution in [0, 0.1) is 0 Å². The van der Waals surface area contributed by atoms with Gasteiger partial charge in [0.05, 0.1) is 19.4 Å². The van der Waals surface area contributed by atoms with Crippen LogP contribution in [0.4, 0.5) is 0 Å². The minimum Gasteiger partial charge on any atom is -0.493 e. The fourth-order valence-corrected chi connectivity index (χ4v) is 1.82. The standard InChI is InChI=1S/C16H17NO4/c1-19-10-13-3-5-14(17-8-13)11-21-16-7-12(9-18)4-6-15(16)20-2/h3-9H,10-11H2,1-2H3. The highest BCUT2D eigenvalue weighted by Gasteiger charge is 2.06. The summed E-state index contributed by atoms with van der Waals surface area (Å²) in [6.07, 6.45) is 2.52. The predicted molar refractivity (Wildman–Crippen MR) is 77.7 cm³/mol. The molecular weight excluding hydrogens is 270 g/mol. The highest BCUT2D eigenvalue weighted by molar-refractivity contribution is 5.76. The maximum absolute atomic E-state index is 10.8. The second kappa shape index (κ2) is 7.40. The number of ether oxygens (including phenoxy) is 3. The van der Waals surface area contributed by atoms with Gasteiger partial charge < -0.3 is 14.2 Å². The predicted octanol–water partition coefficient (Wildman–Crippen LogP) is 2.63. The zero-order valence-corrected chi connectivity index (χ0v) is 12.0. The number of aromatic nitrogens is 1. The van der Waals surface area contributed by atoms with Crippen LogP contribution in [0.1, 0.15) is 21.6 Å². The van der Waals surface area contributed by atoms with Gasteiger partial charge in [0.2, 0.25) is 0 Å². The largest absolute Gasteiger partial charge is 0.493 e. The average Bonchev–Trinajstić information content (AvgIpc) is 2.54. The molecule has 1 aromatic heterocycles. The summed E-state index contributed by atoms with van der Waals surface area (Å²) in [5, 5.41) is 0. The molecule has 0 N–H and O–H groups in total. The Morgan fingerprint density at radius 3 is 2.57 bits per heavy atom. The number of hydrogen-bond acceptors (Lipinski definition) is 5. The number of benzene rings is 1. The van der Waals surface area contributed by atoms with E-state index in [-0.39, 0.29) is 0 Å². The van der Waals surface area contributed by atoms with Gasteiger partial charge in [0, 0.05) is 18.9 Å². The van der Waals surface area contributed by atoms with Crippen molar-refractivity contribution in [3.8, 4) is 11.5 Å². The number of rotatable bonds is 7. The molecule has 0 aliphatic rings. The smallest absolute Gasteiger partial charge is 0.162 e. The van der Waals surface area contributed by atoms with Gasteiger partial charge in [0.25, 0.3) is 0 Å². The van der Waals surface area contributed by atoms with E-state index in [1.165, 1.54) is 0 Å². The van der Waals surface area contributed by atoms with Crippen LogP contribution in [0.25, 0.3) is 0 Å². The van der Waals surface area contributed by atoms with Gasteiger partial charge >= 0.3 is 0 Å². The molecule has 110 valence electrons. The van der Waals surface area contributed by atoms with Gasteiger partial charge in [-0.05, 0) is 29.8 Å². The minimum atomic E-state index is 0.298. The van der Waals surface area contributed by atoms with Crippen molar-refractivity contribution in [2.24, 2.45) is 0 Å². The van der Waals surface area contributed by atoms with Crippen molar-refractivity contribution in [1.29, 1.82) is 0 Å². The number of hydrogen-bond donors (Lipinski definition) is 0. The van der Waals surface area contributed by atoms with E-state index in [1.54, 1.807) is 38.6 Å². The first kappa shape index (κ1) is 15.0. The first-order valence-electron chi connectivity index (χ1n) is 6.45. The van der Waals surface area contributed by atoms with Crippen molar-refractivity contribution in [3.05, 3.63) is 53.3 Å². The molecule has 5 heteroatoms. The van der Waals surface area contributed by atoms with Crippen LogP contribution in [0.2, 0.25) is 0 Å². The first-order valence-corrected chi connectivity index (χ1v) is 6.45. The Morgan fingerprint density at radius 2 is 1.95 bits per heavy atom. The summed E-state index contributed by atoms with van der Waals surface area (Å²) in [5.41, 5.74) is 2.32. The van der Waals surface area contributed by atoms with E-state index >= 15 is 0 Å². The molecule has 5 nitrogen and oxygen atoms in total. The van der Waals surface area contributed by atoms with Gasteiger partial charge in [-0.25, -0.2) is 0 Å². The second-order valence-corrected chi connectivity index (χ2v) is 4.41. The van der Waals surface area contributed by atoms with Gasteiger partial charge in [-0.2, -0.15) is 0 Å². The molecule has 1 heterocycles. The lowest BCUT2D eigenvalue weighted by Gasteiger charge is -2.11. The topological polar surface area (TPSA) is 57.7 Å². The fourth-order valence-electron chi connectivity index (χ4n) is 1.82. The Morgan fingerprint density at radius 1 is 1.10 bits per heavy atom. The van der Waals surface area contributed by atoms with E-state index in [1.807, 2.05) is 12.1 Å². The lowest BCUT2D eigenvalue weighted by molar-refractivity contribution is 0.112. The van der Waals surface area contributed by atoms with Crippen molar-refractivity contribution in [3.63, 3.8) is 0 Å². The van der Waals surface area contributed by atoms with Crippen LogP contribution in [-0.2, 0) is 18.0 Å². The molecule has 2 aromatic rings. The molecule has 0 radical (unpaired) electrons. The summed E-state index contributed by atoms with van der Waals surface area (Å²) in [6, 6.07) is 8.84. The number of methoxy groups -OCH3 is 2. The zero-order chi connectivity index (χ0) is 15.1. The van der Waals surface area contributed by atoms with Crippen LogP contribution in [0.5, 0.6) is 11.5 Å². The monoisotopic (exact) mass is 287 g/mol. The Kier molecular flexibility index (Phi) is 5.29. The summed E-state index contributed by atoms with van der Waals surface area (Å²) in [5.74, 6) is 1.10. The van der Waals surface area contributed by atoms with E-state index in [0.717, 1.165) is 17.5 Å². The Labute approximate surface area is 123 Å². The Hall–Kier alpha value is -2.40. The van der Waals surface area contributed by atoms with Crippen LogP contribution < -0.4 is 9.47 Å². The molecule has 0 saturated heterocycles. The van der Waals surface area contributed by atoms with Crippen molar-refractivity contribution in [2.45, 2.75) is 13.2 Å². The fraction of sp³-hybridized carbons (Fsp3) is 0.250. The molecule has 0 spiro atoms. The van der Waals surface area contributed by atoms with Crippen LogP contribution in [0.15, 0.2) is 36.5 Å². The number of carbonyl (C=O) groups excluding carboxylic acids is 1. The highest BCUT2D eigenvalue weighted by atomic mass is 16.5. The number of nitrogens with zero attached hydrogens (tertiary/aromatic N) is 1. The molecule has 0 aliphatic heterocycles. The average molecular weight is 287 g/mol. The second-order valence-electron chi connectivity index (χ2n) is 4.41. The third-order valence-corrected chi connectivity index (χ3v) is 2.90. The summed E-state index contributed by atoms with van der Waals surface area (Å²) >= 11 is 0. The maximum Gasteiger partial charge on any atom is 0.162 e. The van der Waals surface area contributed by atoms with Gasteiger partial charge in [0.1, 0.15) is 12.9 Å². The Bertz CT molecular complexity index is 596. The van der Waals surface area contributed by atoms with E-state index in [9.17, 15) is 4.79 Å². The molecule has 0 unspecified atom stereocenters.